The third-order valence-corrected chi connectivity index (χ3v) is 6.24. The number of rotatable bonds is 9. The van der Waals surface area contributed by atoms with Crippen molar-refractivity contribution in [1.29, 1.82) is 0 Å². The van der Waals surface area contributed by atoms with Gasteiger partial charge in [-0.2, -0.15) is 5.48 Å². The summed E-state index contributed by atoms with van der Waals surface area (Å²) in [5.74, 6) is 0.167. The molecule has 166 valence electrons. The van der Waals surface area contributed by atoms with E-state index in [1.165, 1.54) is 0 Å². The fourth-order valence-electron chi connectivity index (χ4n) is 4.58. The lowest BCUT2D eigenvalue weighted by molar-refractivity contribution is -0.140. The lowest BCUT2D eigenvalue weighted by Gasteiger charge is -2.28. The van der Waals surface area contributed by atoms with Crippen LogP contribution in [0.4, 0.5) is 0 Å². The van der Waals surface area contributed by atoms with Gasteiger partial charge in [-0.1, -0.05) is 91.0 Å². The van der Waals surface area contributed by atoms with E-state index in [0.29, 0.717) is 26.4 Å². The Morgan fingerprint density at radius 1 is 0.594 bits per heavy atom. The van der Waals surface area contributed by atoms with E-state index in [4.69, 9.17) is 19.0 Å². The molecule has 1 aliphatic carbocycles. The smallest absolute Gasteiger partial charge is 0.112 e. The number of ether oxygens (including phenoxy) is 3. The van der Waals surface area contributed by atoms with Crippen molar-refractivity contribution >= 4 is 0 Å². The van der Waals surface area contributed by atoms with E-state index < -0.39 is 0 Å². The molecular formula is C27H29NO4. The summed E-state index contributed by atoms with van der Waals surface area (Å²) in [5, 5.41) is 0. The summed E-state index contributed by atoms with van der Waals surface area (Å²) in [6.07, 6.45) is -0.499. The summed E-state index contributed by atoms with van der Waals surface area (Å²) in [6.45, 7) is 2.15. The highest BCUT2D eigenvalue weighted by atomic mass is 16.7. The Labute approximate surface area is 189 Å². The van der Waals surface area contributed by atoms with Gasteiger partial charge in [0, 0.05) is 5.92 Å². The number of benzene rings is 3. The van der Waals surface area contributed by atoms with Crippen LogP contribution in [-0.2, 0) is 38.9 Å². The fraction of sp³-hybridized carbons (Fsp3) is 0.333. The van der Waals surface area contributed by atoms with E-state index in [0.717, 1.165) is 16.7 Å². The number of hydrogen-bond acceptors (Lipinski definition) is 5. The van der Waals surface area contributed by atoms with E-state index in [9.17, 15) is 0 Å². The van der Waals surface area contributed by atoms with Crippen LogP contribution in [0.3, 0.4) is 0 Å². The molecule has 2 fully saturated rings. The third-order valence-electron chi connectivity index (χ3n) is 6.24. The van der Waals surface area contributed by atoms with Gasteiger partial charge in [0.15, 0.2) is 0 Å². The maximum Gasteiger partial charge on any atom is 0.112 e. The molecule has 5 nitrogen and oxygen atoms in total. The lowest BCUT2D eigenvalue weighted by atomic mass is 10.0. The van der Waals surface area contributed by atoms with Crippen LogP contribution in [-0.4, -0.2) is 31.0 Å². The first kappa shape index (κ1) is 21.3. The van der Waals surface area contributed by atoms with Gasteiger partial charge >= 0.3 is 0 Å². The highest BCUT2D eigenvalue weighted by Crippen LogP contribution is 2.38. The molecule has 3 aromatic rings. The van der Waals surface area contributed by atoms with Crippen LogP contribution in [0, 0.1) is 5.92 Å². The van der Waals surface area contributed by atoms with Crippen molar-refractivity contribution in [1.82, 2.24) is 5.48 Å². The molecule has 0 unspecified atom stereocenters. The zero-order chi connectivity index (χ0) is 21.6. The highest BCUT2D eigenvalue weighted by molar-refractivity contribution is 5.16. The quantitative estimate of drug-likeness (QED) is 0.548. The molecule has 0 radical (unpaired) electrons. The van der Waals surface area contributed by atoms with Crippen LogP contribution in [0.1, 0.15) is 16.7 Å². The fourth-order valence-corrected chi connectivity index (χ4v) is 4.58. The van der Waals surface area contributed by atoms with Gasteiger partial charge in [0.05, 0.1) is 38.6 Å². The molecule has 1 aliphatic heterocycles. The van der Waals surface area contributed by atoms with Crippen molar-refractivity contribution in [3.8, 4) is 0 Å². The molecule has 2 aliphatic rings. The molecule has 0 amide bonds. The number of hydrogen-bond donors (Lipinski definition) is 1. The molecule has 5 heteroatoms. The average molecular weight is 432 g/mol. The molecule has 1 saturated heterocycles. The summed E-state index contributed by atoms with van der Waals surface area (Å²) in [4.78, 5) is 5.62. The summed E-state index contributed by atoms with van der Waals surface area (Å²) in [7, 11) is 0. The number of hydroxylamine groups is 1. The van der Waals surface area contributed by atoms with Crippen LogP contribution < -0.4 is 5.48 Å². The molecule has 0 aromatic heterocycles. The largest absolute Gasteiger partial charge is 0.370 e. The first-order valence-corrected chi connectivity index (χ1v) is 11.2. The van der Waals surface area contributed by atoms with Crippen molar-refractivity contribution in [2.24, 2.45) is 5.92 Å². The third kappa shape index (κ3) is 4.93. The Morgan fingerprint density at radius 3 is 1.53 bits per heavy atom. The molecule has 32 heavy (non-hydrogen) atoms. The summed E-state index contributed by atoms with van der Waals surface area (Å²) < 4.78 is 19.4. The summed E-state index contributed by atoms with van der Waals surface area (Å²) >= 11 is 0. The van der Waals surface area contributed by atoms with Crippen LogP contribution in [0.2, 0.25) is 0 Å². The molecule has 1 N–H and O–H groups in total. The van der Waals surface area contributed by atoms with E-state index in [2.05, 4.69) is 41.9 Å². The Kier molecular flexibility index (Phi) is 6.92. The van der Waals surface area contributed by atoms with Crippen molar-refractivity contribution in [2.75, 3.05) is 6.61 Å². The summed E-state index contributed by atoms with van der Waals surface area (Å²) in [6, 6.07) is 30.7. The molecule has 5 rings (SSSR count). The van der Waals surface area contributed by atoms with Gasteiger partial charge in [0.1, 0.15) is 12.2 Å². The standard InChI is InChI=1S/C27H29NO4/c1-4-10-20(11-5-1)16-29-25-23-19-32-28-24(23)26(30-17-21-12-6-2-7-13-21)27(25)31-18-22-14-8-3-9-15-22/h1-15,23-28H,16-19H2/t23-,24+,25-,26-,27+/m1/s1. The Balaban J connectivity index is 1.33. The van der Waals surface area contributed by atoms with Crippen molar-refractivity contribution in [3.63, 3.8) is 0 Å². The lowest BCUT2D eigenvalue weighted by Crippen LogP contribution is -2.42. The predicted octanol–water partition coefficient (Wildman–Crippen LogP) is 4.28. The molecule has 5 atom stereocenters. The van der Waals surface area contributed by atoms with Crippen molar-refractivity contribution in [2.45, 2.75) is 44.2 Å². The van der Waals surface area contributed by atoms with Gasteiger partial charge in [-0.05, 0) is 16.7 Å². The van der Waals surface area contributed by atoms with E-state index >= 15 is 0 Å². The van der Waals surface area contributed by atoms with Gasteiger partial charge in [-0.25, -0.2) is 0 Å². The topological polar surface area (TPSA) is 49.0 Å². The molecular weight excluding hydrogens is 402 g/mol. The highest BCUT2D eigenvalue weighted by Gasteiger charge is 2.55. The van der Waals surface area contributed by atoms with E-state index in [-0.39, 0.29) is 30.3 Å². The Bertz CT molecular complexity index is 896. The zero-order valence-corrected chi connectivity index (χ0v) is 18.0. The van der Waals surface area contributed by atoms with E-state index in [1.54, 1.807) is 0 Å². The first-order valence-electron chi connectivity index (χ1n) is 11.2. The maximum absolute atomic E-state index is 6.48. The van der Waals surface area contributed by atoms with Crippen LogP contribution in [0.25, 0.3) is 0 Å². The zero-order valence-electron chi connectivity index (χ0n) is 18.0. The minimum absolute atomic E-state index is 0.0280. The minimum Gasteiger partial charge on any atom is -0.370 e. The Hall–Kier alpha value is -2.54. The van der Waals surface area contributed by atoms with Crippen molar-refractivity contribution < 1.29 is 19.0 Å². The van der Waals surface area contributed by atoms with E-state index in [1.807, 2.05) is 54.6 Å². The normalized spacial score (nSPS) is 26.8. The molecule has 0 bridgehead atoms. The van der Waals surface area contributed by atoms with Crippen LogP contribution in [0.15, 0.2) is 91.0 Å². The maximum atomic E-state index is 6.48. The summed E-state index contributed by atoms with van der Waals surface area (Å²) in [5.41, 5.74) is 6.59. The van der Waals surface area contributed by atoms with Crippen molar-refractivity contribution in [3.05, 3.63) is 108 Å². The second-order valence-electron chi connectivity index (χ2n) is 8.40. The Morgan fingerprint density at radius 2 is 1.03 bits per heavy atom. The van der Waals surface area contributed by atoms with Gasteiger partial charge in [-0.3, -0.25) is 0 Å². The average Bonchev–Trinajstić information content (AvgIpc) is 3.43. The van der Waals surface area contributed by atoms with Gasteiger partial charge in [0.25, 0.3) is 0 Å². The van der Waals surface area contributed by atoms with Crippen LogP contribution >= 0.6 is 0 Å². The van der Waals surface area contributed by atoms with Crippen LogP contribution in [0.5, 0.6) is 0 Å². The second kappa shape index (κ2) is 10.4. The van der Waals surface area contributed by atoms with Gasteiger partial charge in [0.2, 0.25) is 0 Å². The number of nitrogens with one attached hydrogen (secondary N) is 1. The molecule has 1 heterocycles. The van der Waals surface area contributed by atoms with Gasteiger partial charge in [-0.15, -0.1) is 0 Å². The molecule has 0 spiro atoms. The monoisotopic (exact) mass is 431 g/mol. The predicted molar refractivity (Wildman–Crippen MR) is 121 cm³/mol. The molecule has 1 saturated carbocycles. The molecule has 3 aromatic carbocycles. The van der Waals surface area contributed by atoms with Gasteiger partial charge < -0.3 is 19.0 Å². The minimum atomic E-state index is -0.200. The SMILES string of the molecule is c1ccc(CO[C@H]2[C@H](OCc3ccccc3)[C@@H]3CON[C@@H]3[C@H]2OCc2ccccc2)cc1. The number of fused-ring (bicyclic) bond motifs is 1. The second-order valence-corrected chi connectivity index (χ2v) is 8.40. The first-order chi connectivity index (χ1) is 15.9.